The van der Waals surface area contributed by atoms with E-state index in [1.54, 1.807) is 0 Å². The number of fused-ring (bicyclic) bond motifs is 1. The van der Waals surface area contributed by atoms with Crippen LogP contribution in [-0.2, 0) is 4.43 Å². The molecule has 0 spiro atoms. The van der Waals surface area contributed by atoms with Crippen LogP contribution in [0.25, 0.3) is 0 Å². The predicted octanol–water partition coefficient (Wildman–Crippen LogP) is 3.91. The van der Waals surface area contributed by atoms with E-state index in [0.29, 0.717) is 6.04 Å². The lowest BCUT2D eigenvalue weighted by atomic mass is 10.1. The molecule has 106 valence electrons. The highest BCUT2D eigenvalue weighted by atomic mass is 28.4. The average Bonchev–Trinajstić information content (AvgIpc) is 2.35. The summed E-state index contributed by atoms with van der Waals surface area (Å²) in [7, 11) is -1.65. The minimum absolute atomic E-state index is 0.271. The average molecular weight is 278 g/mol. The molecule has 0 saturated carbocycles. The number of hydrogen-bond donors (Lipinski definition) is 2. The fourth-order valence-corrected chi connectivity index (χ4v) is 2.94. The van der Waals surface area contributed by atoms with Crippen molar-refractivity contribution in [3.8, 4) is 0 Å². The first-order valence-corrected chi connectivity index (χ1v) is 9.94. The molecule has 2 N–H and O–H groups in total. The number of rotatable bonds is 3. The van der Waals surface area contributed by atoms with Crippen molar-refractivity contribution in [2.45, 2.75) is 44.9 Å². The molecule has 0 aliphatic carbocycles. The summed E-state index contributed by atoms with van der Waals surface area (Å²) in [5.74, 6) is 0. The van der Waals surface area contributed by atoms with E-state index in [9.17, 15) is 0 Å². The largest absolute Gasteiger partial charge is 0.415 e. The first-order valence-electron chi connectivity index (χ1n) is 7.03. The second kappa shape index (κ2) is 5.17. The molecule has 0 fully saturated rings. The minimum atomic E-state index is -1.65. The monoisotopic (exact) mass is 278 g/mol. The van der Waals surface area contributed by atoms with Gasteiger partial charge in [-0.1, -0.05) is 32.9 Å². The van der Waals surface area contributed by atoms with E-state index < -0.39 is 8.32 Å². The van der Waals surface area contributed by atoms with Gasteiger partial charge in [0.2, 0.25) is 0 Å². The van der Waals surface area contributed by atoms with Crippen LogP contribution >= 0.6 is 0 Å². The summed E-state index contributed by atoms with van der Waals surface area (Å²) >= 11 is 0. The van der Waals surface area contributed by atoms with E-state index in [2.05, 4.69) is 68.8 Å². The maximum absolute atomic E-state index is 6.28. The van der Waals surface area contributed by atoms with Gasteiger partial charge in [-0.3, -0.25) is 0 Å². The van der Waals surface area contributed by atoms with Crippen LogP contribution in [0.15, 0.2) is 24.3 Å². The Balaban J connectivity index is 1.93. The van der Waals surface area contributed by atoms with E-state index in [0.717, 1.165) is 13.2 Å². The first kappa shape index (κ1) is 14.4. The minimum Gasteiger partial charge on any atom is -0.415 e. The van der Waals surface area contributed by atoms with Gasteiger partial charge < -0.3 is 15.1 Å². The van der Waals surface area contributed by atoms with Crippen molar-refractivity contribution in [3.05, 3.63) is 24.3 Å². The van der Waals surface area contributed by atoms with Gasteiger partial charge in [0.05, 0.1) is 24.0 Å². The molecule has 0 amide bonds. The van der Waals surface area contributed by atoms with Gasteiger partial charge in [0.25, 0.3) is 0 Å². The Kier molecular flexibility index (Phi) is 3.92. The van der Waals surface area contributed by atoms with Crippen molar-refractivity contribution >= 4 is 19.7 Å². The zero-order chi connectivity index (χ0) is 14.1. The number of nitrogens with one attached hydrogen (secondary N) is 2. The Bertz CT molecular complexity index is 440. The molecule has 1 aliphatic rings. The van der Waals surface area contributed by atoms with Gasteiger partial charge in [0.15, 0.2) is 8.32 Å². The Hall–Kier alpha value is -1.00. The summed E-state index contributed by atoms with van der Waals surface area (Å²) in [6.07, 6.45) is 0. The smallest absolute Gasteiger partial charge is 0.192 e. The molecule has 0 unspecified atom stereocenters. The fraction of sp³-hybridized carbons (Fsp3) is 0.600. The normalized spacial score (nSPS) is 19.3. The van der Waals surface area contributed by atoms with Crippen molar-refractivity contribution < 1.29 is 4.43 Å². The molecule has 2 rings (SSSR count). The number of para-hydroxylation sites is 2. The highest BCUT2D eigenvalue weighted by Crippen LogP contribution is 2.36. The molecule has 0 bridgehead atoms. The van der Waals surface area contributed by atoms with E-state index in [4.69, 9.17) is 4.43 Å². The standard InChI is InChI=1S/C15H26N2OSi/c1-15(2,3)19(4,5)18-11-12-10-16-13-8-6-7-9-14(13)17-12/h6-9,12,16-17H,10-11H2,1-5H3/t12-/m1/s1. The fourth-order valence-electron chi connectivity index (χ4n) is 1.89. The molecule has 1 heterocycles. The van der Waals surface area contributed by atoms with Crippen molar-refractivity contribution in [2.75, 3.05) is 23.8 Å². The first-order chi connectivity index (χ1) is 8.79. The van der Waals surface area contributed by atoms with Crippen LogP contribution in [-0.4, -0.2) is 27.5 Å². The highest BCUT2D eigenvalue weighted by molar-refractivity contribution is 6.74. The molecule has 1 aliphatic heterocycles. The van der Waals surface area contributed by atoms with Crippen LogP contribution in [0.2, 0.25) is 18.1 Å². The molecule has 1 atom stereocenters. The molecular formula is C15H26N2OSi. The molecule has 1 aromatic carbocycles. The summed E-state index contributed by atoms with van der Waals surface area (Å²) in [5, 5.41) is 7.29. The van der Waals surface area contributed by atoms with E-state index >= 15 is 0 Å². The molecule has 1 aromatic rings. The van der Waals surface area contributed by atoms with Crippen molar-refractivity contribution in [2.24, 2.45) is 0 Å². The topological polar surface area (TPSA) is 33.3 Å². The van der Waals surface area contributed by atoms with Crippen molar-refractivity contribution in [1.29, 1.82) is 0 Å². The Labute approximate surface area is 117 Å². The molecular weight excluding hydrogens is 252 g/mol. The summed E-state index contributed by atoms with van der Waals surface area (Å²) < 4.78 is 6.28. The second-order valence-electron chi connectivity index (χ2n) is 6.84. The van der Waals surface area contributed by atoms with Crippen LogP contribution in [0.5, 0.6) is 0 Å². The predicted molar refractivity (Wildman–Crippen MR) is 85.5 cm³/mol. The van der Waals surface area contributed by atoms with Gasteiger partial charge in [-0.05, 0) is 30.3 Å². The third-order valence-electron chi connectivity index (χ3n) is 4.28. The molecule has 4 heteroatoms. The van der Waals surface area contributed by atoms with Gasteiger partial charge in [-0.25, -0.2) is 0 Å². The van der Waals surface area contributed by atoms with Gasteiger partial charge in [-0.15, -0.1) is 0 Å². The van der Waals surface area contributed by atoms with Crippen LogP contribution < -0.4 is 10.6 Å². The third-order valence-corrected chi connectivity index (χ3v) is 8.78. The quantitative estimate of drug-likeness (QED) is 0.822. The molecule has 3 nitrogen and oxygen atoms in total. The van der Waals surface area contributed by atoms with E-state index in [-0.39, 0.29) is 5.04 Å². The van der Waals surface area contributed by atoms with Crippen molar-refractivity contribution in [1.82, 2.24) is 0 Å². The maximum Gasteiger partial charge on any atom is 0.192 e. The van der Waals surface area contributed by atoms with E-state index in [1.807, 2.05) is 0 Å². The Morgan fingerprint density at radius 2 is 1.84 bits per heavy atom. The summed E-state index contributed by atoms with van der Waals surface area (Å²) in [6, 6.07) is 8.68. The zero-order valence-electron chi connectivity index (χ0n) is 12.7. The second-order valence-corrected chi connectivity index (χ2v) is 11.6. The van der Waals surface area contributed by atoms with Crippen LogP contribution in [0.3, 0.4) is 0 Å². The van der Waals surface area contributed by atoms with Crippen LogP contribution in [0, 0.1) is 0 Å². The third kappa shape index (κ3) is 3.31. The number of hydrogen-bond acceptors (Lipinski definition) is 3. The van der Waals surface area contributed by atoms with Crippen LogP contribution in [0.1, 0.15) is 20.8 Å². The molecule has 0 radical (unpaired) electrons. The van der Waals surface area contributed by atoms with Crippen LogP contribution in [0.4, 0.5) is 11.4 Å². The van der Waals surface area contributed by atoms with E-state index in [1.165, 1.54) is 11.4 Å². The zero-order valence-corrected chi connectivity index (χ0v) is 13.7. The van der Waals surface area contributed by atoms with Gasteiger partial charge in [0, 0.05) is 6.54 Å². The lowest BCUT2D eigenvalue weighted by Crippen LogP contribution is -2.46. The van der Waals surface area contributed by atoms with Gasteiger partial charge >= 0.3 is 0 Å². The summed E-state index contributed by atoms with van der Waals surface area (Å²) in [6.45, 7) is 13.1. The summed E-state index contributed by atoms with van der Waals surface area (Å²) in [5.41, 5.74) is 2.36. The number of benzene rings is 1. The lowest BCUT2D eigenvalue weighted by molar-refractivity contribution is 0.273. The van der Waals surface area contributed by atoms with Gasteiger partial charge in [0.1, 0.15) is 0 Å². The Morgan fingerprint density at radius 1 is 1.21 bits per heavy atom. The van der Waals surface area contributed by atoms with Gasteiger partial charge in [-0.2, -0.15) is 0 Å². The molecule has 19 heavy (non-hydrogen) atoms. The maximum atomic E-state index is 6.28. The molecule has 0 saturated heterocycles. The SMILES string of the molecule is CC(C)(C)[Si](C)(C)OC[C@H]1CNc2ccccc2N1. The van der Waals surface area contributed by atoms with Crippen molar-refractivity contribution in [3.63, 3.8) is 0 Å². The summed E-state index contributed by atoms with van der Waals surface area (Å²) in [4.78, 5) is 0. The molecule has 0 aromatic heterocycles. The highest BCUT2D eigenvalue weighted by Gasteiger charge is 2.37. The Morgan fingerprint density at radius 3 is 2.47 bits per heavy atom. The number of anilines is 2. The lowest BCUT2D eigenvalue weighted by Gasteiger charge is -2.38.